The zero-order valence-corrected chi connectivity index (χ0v) is 9.10. The van der Waals surface area contributed by atoms with Gasteiger partial charge in [0.05, 0.1) is 0 Å². The predicted octanol–water partition coefficient (Wildman–Crippen LogP) is 0.670. The Kier molecular flexibility index (Phi) is 4.68. The van der Waals surface area contributed by atoms with Gasteiger partial charge in [0.25, 0.3) is 0 Å². The first kappa shape index (κ1) is 14.2. The molecule has 16 heavy (non-hydrogen) atoms. The molecular weight excluding hydrogens is 216 g/mol. The van der Waals surface area contributed by atoms with Gasteiger partial charge in [-0.3, -0.25) is 4.79 Å². The first-order chi connectivity index (χ1) is 7.31. The number of carbonyl (C=O) groups excluding carboxylic acids is 1. The molecule has 2 atom stereocenters. The van der Waals surface area contributed by atoms with Crippen molar-refractivity contribution in [3.63, 3.8) is 0 Å². The van der Waals surface area contributed by atoms with Crippen LogP contribution in [0.1, 0.15) is 20.3 Å². The SMILES string of the molecule is C=CC(=O)OC(CC)(C(=O)O)C(C)C(=O)O. The van der Waals surface area contributed by atoms with E-state index in [1.54, 1.807) is 0 Å². The van der Waals surface area contributed by atoms with E-state index in [9.17, 15) is 14.4 Å². The molecule has 90 valence electrons. The summed E-state index contributed by atoms with van der Waals surface area (Å²) in [6, 6.07) is 0. The van der Waals surface area contributed by atoms with Gasteiger partial charge in [-0.05, 0) is 13.3 Å². The molecule has 0 saturated heterocycles. The molecule has 0 rings (SSSR count). The third-order valence-electron chi connectivity index (χ3n) is 2.41. The molecule has 6 nitrogen and oxygen atoms in total. The summed E-state index contributed by atoms with van der Waals surface area (Å²) in [6.45, 7) is 5.74. The molecule has 0 aliphatic heterocycles. The topological polar surface area (TPSA) is 101 Å². The largest absolute Gasteiger partial charge is 0.481 e. The second-order valence-electron chi connectivity index (χ2n) is 3.23. The summed E-state index contributed by atoms with van der Waals surface area (Å²) in [7, 11) is 0. The Morgan fingerprint density at radius 2 is 1.94 bits per heavy atom. The molecule has 0 heterocycles. The molecular formula is C10H14O6. The highest BCUT2D eigenvalue weighted by Gasteiger charge is 2.49. The molecule has 0 aliphatic rings. The lowest BCUT2D eigenvalue weighted by molar-refractivity contribution is -0.187. The first-order valence-electron chi connectivity index (χ1n) is 4.63. The zero-order valence-electron chi connectivity index (χ0n) is 9.10. The third kappa shape index (κ3) is 2.59. The molecule has 2 unspecified atom stereocenters. The fourth-order valence-electron chi connectivity index (χ4n) is 1.27. The number of hydrogen-bond donors (Lipinski definition) is 2. The quantitative estimate of drug-likeness (QED) is 0.513. The van der Waals surface area contributed by atoms with Crippen LogP contribution in [0.3, 0.4) is 0 Å². The Morgan fingerprint density at radius 3 is 2.19 bits per heavy atom. The summed E-state index contributed by atoms with van der Waals surface area (Å²) in [4.78, 5) is 32.9. The predicted molar refractivity (Wildman–Crippen MR) is 53.7 cm³/mol. The lowest BCUT2D eigenvalue weighted by atomic mass is 9.86. The Hall–Kier alpha value is -1.85. The van der Waals surface area contributed by atoms with Crippen molar-refractivity contribution < 1.29 is 29.3 Å². The fraction of sp³-hybridized carbons (Fsp3) is 0.500. The van der Waals surface area contributed by atoms with Gasteiger partial charge in [0.15, 0.2) is 0 Å². The molecule has 0 aromatic heterocycles. The van der Waals surface area contributed by atoms with Gasteiger partial charge >= 0.3 is 17.9 Å². The van der Waals surface area contributed by atoms with Crippen LogP contribution in [0.5, 0.6) is 0 Å². The summed E-state index contributed by atoms with van der Waals surface area (Å²) in [6.07, 6.45) is 0.650. The molecule has 0 aliphatic carbocycles. The van der Waals surface area contributed by atoms with Crippen molar-refractivity contribution >= 4 is 17.9 Å². The van der Waals surface area contributed by atoms with E-state index in [0.717, 1.165) is 6.08 Å². The van der Waals surface area contributed by atoms with E-state index in [1.807, 2.05) is 0 Å². The van der Waals surface area contributed by atoms with Crippen LogP contribution in [0, 0.1) is 5.92 Å². The van der Waals surface area contributed by atoms with Crippen molar-refractivity contribution in [3.05, 3.63) is 12.7 Å². The van der Waals surface area contributed by atoms with Gasteiger partial charge in [0.1, 0.15) is 5.92 Å². The standard InChI is InChI=1S/C10H14O6/c1-4-7(11)16-10(5-2,9(14)15)6(3)8(12)13/h4,6H,1,5H2,2-3H3,(H,12,13)(H,14,15). The molecule has 0 fully saturated rings. The van der Waals surface area contributed by atoms with E-state index in [1.165, 1.54) is 13.8 Å². The molecule has 0 bridgehead atoms. The Morgan fingerprint density at radius 1 is 1.44 bits per heavy atom. The van der Waals surface area contributed by atoms with Crippen LogP contribution in [-0.4, -0.2) is 33.7 Å². The van der Waals surface area contributed by atoms with Crippen molar-refractivity contribution in [1.29, 1.82) is 0 Å². The van der Waals surface area contributed by atoms with E-state index >= 15 is 0 Å². The molecule has 2 N–H and O–H groups in total. The summed E-state index contributed by atoms with van der Waals surface area (Å²) in [5, 5.41) is 17.8. The highest BCUT2D eigenvalue weighted by atomic mass is 16.6. The van der Waals surface area contributed by atoms with Crippen LogP contribution >= 0.6 is 0 Å². The summed E-state index contributed by atoms with van der Waals surface area (Å²) in [5.74, 6) is -5.14. The maximum atomic E-state index is 11.1. The number of esters is 1. The molecule has 0 amide bonds. The smallest absolute Gasteiger partial charge is 0.349 e. The molecule has 0 radical (unpaired) electrons. The average molecular weight is 230 g/mol. The van der Waals surface area contributed by atoms with Gasteiger partial charge in [0, 0.05) is 6.08 Å². The molecule has 0 saturated carbocycles. The second kappa shape index (κ2) is 5.29. The van der Waals surface area contributed by atoms with Crippen molar-refractivity contribution in [2.24, 2.45) is 5.92 Å². The van der Waals surface area contributed by atoms with Crippen molar-refractivity contribution in [2.75, 3.05) is 0 Å². The van der Waals surface area contributed by atoms with Crippen LogP contribution in [0.4, 0.5) is 0 Å². The zero-order chi connectivity index (χ0) is 12.9. The van der Waals surface area contributed by atoms with Crippen LogP contribution < -0.4 is 0 Å². The normalized spacial score (nSPS) is 15.6. The van der Waals surface area contributed by atoms with E-state index in [2.05, 4.69) is 11.3 Å². The minimum absolute atomic E-state index is 0.143. The van der Waals surface area contributed by atoms with Gasteiger partial charge in [0.2, 0.25) is 5.60 Å². The fourth-order valence-corrected chi connectivity index (χ4v) is 1.27. The first-order valence-corrected chi connectivity index (χ1v) is 4.63. The molecule has 0 aromatic carbocycles. The third-order valence-corrected chi connectivity index (χ3v) is 2.41. The maximum Gasteiger partial charge on any atom is 0.349 e. The van der Waals surface area contributed by atoms with Gasteiger partial charge < -0.3 is 14.9 Å². The second-order valence-corrected chi connectivity index (χ2v) is 3.23. The highest BCUT2D eigenvalue weighted by molar-refractivity contribution is 5.90. The summed E-state index contributed by atoms with van der Waals surface area (Å²) >= 11 is 0. The van der Waals surface area contributed by atoms with Crippen LogP contribution in [0.2, 0.25) is 0 Å². The number of aliphatic carboxylic acids is 2. The Balaban J connectivity index is 5.31. The minimum atomic E-state index is -2.06. The van der Waals surface area contributed by atoms with E-state index in [4.69, 9.17) is 10.2 Å². The van der Waals surface area contributed by atoms with Crippen molar-refractivity contribution in [2.45, 2.75) is 25.9 Å². The molecule has 0 spiro atoms. The Labute approximate surface area is 92.5 Å². The maximum absolute atomic E-state index is 11.1. The van der Waals surface area contributed by atoms with Crippen molar-refractivity contribution in [3.8, 4) is 0 Å². The number of carboxylic acids is 2. The van der Waals surface area contributed by atoms with Crippen LogP contribution in [-0.2, 0) is 19.1 Å². The van der Waals surface area contributed by atoms with Crippen LogP contribution in [0.15, 0.2) is 12.7 Å². The number of ether oxygens (including phenoxy) is 1. The highest BCUT2D eigenvalue weighted by Crippen LogP contribution is 2.27. The minimum Gasteiger partial charge on any atom is -0.481 e. The lowest BCUT2D eigenvalue weighted by Gasteiger charge is -2.30. The Bertz CT molecular complexity index is 321. The van der Waals surface area contributed by atoms with E-state index < -0.39 is 29.4 Å². The monoisotopic (exact) mass is 230 g/mol. The van der Waals surface area contributed by atoms with Gasteiger partial charge in [-0.1, -0.05) is 13.5 Å². The van der Waals surface area contributed by atoms with E-state index in [0.29, 0.717) is 0 Å². The lowest BCUT2D eigenvalue weighted by Crippen LogP contribution is -2.50. The number of carboxylic acid groups (broad SMARTS) is 2. The molecule has 6 heteroatoms. The van der Waals surface area contributed by atoms with Gasteiger partial charge in [-0.2, -0.15) is 0 Å². The average Bonchev–Trinajstić information content (AvgIpc) is 2.23. The molecule has 0 aromatic rings. The number of carbonyl (C=O) groups is 3. The van der Waals surface area contributed by atoms with Gasteiger partial charge in [-0.25, -0.2) is 9.59 Å². The van der Waals surface area contributed by atoms with E-state index in [-0.39, 0.29) is 6.42 Å². The summed E-state index contributed by atoms with van der Waals surface area (Å²) in [5.41, 5.74) is -2.06. The van der Waals surface area contributed by atoms with Gasteiger partial charge in [-0.15, -0.1) is 0 Å². The van der Waals surface area contributed by atoms with Crippen molar-refractivity contribution in [1.82, 2.24) is 0 Å². The number of rotatable bonds is 6. The summed E-state index contributed by atoms with van der Waals surface area (Å²) < 4.78 is 4.68. The van der Waals surface area contributed by atoms with Crippen LogP contribution in [0.25, 0.3) is 0 Å². The number of hydrogen-bond acceptors (Lipinski definition) is 4.